The van der Waals surface area contributed by atoms with Gasteiger partial charge in [-0.3, -0.25) is 0 Å². The number of hydrogen-bond acceptors (Lipinski definition) is 6. The molecule has 4 nitrogen and oxygen atoms in total. The third-order valence-electron chi connectivity index (χ3n) is 2.55. The summed E-state index contributed by atoms with van der Waals surface area (Å²) < 4.78 is 0. The van der Waals surface area contributed by atoms with Gasteiger partial charge in [0.15, 0.2) is 6.61 Å². The monoisotopic (exact) mass is 295 g/mol. The predicted molar refractivity (Wildman–Crippen MR) is 80.1 cm³/mol. The molecule has 2 rings (SSSR count). The zero-order valence-electron chi connectivity index (χ0n) is 11.6. The molecule has 2 aromatic rings. The first-order valence-electron chi connectivity index (χ1n) is 6.14. The van der Waals surface area contributed by atoms with Gasteiger partial charge in [-0.25, -0.2) is 9.97 Å². The highest BCUT2D eigenvalue weighted by molar-refractivity contribution is 7.13. The van der Waals surface area contributed by atoms with Gasteiger partial charge in [-0.05, 0) is 27.2 Å². The summed E-state index contributed by atoms with van der Waals surface area (Å²) in [6.07, 6.45) is 0.965. The molecule has 0 saturated carbocycles. The van der Waals surface area contributed by atoms with E-state index in [0.717, 1.165) is 38.4 Å². The molecule has 19 heavy (non-hydrogen) atoms. The van der Waals surface area contributed by atoms with Crippen LogP contribution in [-0.2, 0) is 17.9 Å². The van der Waals surface area contributed by atoms with Crippen molar-refractivity contribution in [3.8, 4) is 0 Å². The highest BCUT2D eigenvalue weighted by Crippen LogP contribution is 2.18. The first kappa shape index (κ1) is 14.1. The highest BCUT2D eigenvalue weighted by Gasteiger charge is 2.08. The van der Waals surface area contributed by atoms with E-state index >= 15 is 0 Å². The predicted octanol–water partition coefficient (Wildman–Crippen LogP) is 3.72. The Balaban J connectivity index is 1.96. The van der Waals surface area contributed by atoms with Gasteiger partial charge in [-0.15, -0.1) is 22.7 Å². The van der Waals surface area contributed by atoms with Crippen molar-refractivity contribution < 1.29 is 4.84 Å². The molecule has 0 N–H and O–H groups in total. The van der Waals surface area contributed by atoms with Crippen LogP contribution >= 0.6 is 22.7 Å². The Labute approximate surface area is 121 Å². The molecule has 0 atom stereocenters. The van der Waals surface area contributed by atoms with E-state index in [9.17, 15) is 0 Å². The zero-order chi connectivity index (χ0) is 13.8. The normalized spacial score (nSPS) is 11.9. The third kappa shape index (κ3) is 3.61. The second kappa shape index (κ2) is 6.25. The van der Waals surface area contributed by atoms with Gasteiger partial charge < -0.3 is 4.84 Å². The van der Waals surface area contributed by atoms with Crippen LogP contribution in [0.3, 0.4) is 0 Å². The maximum absolute atomic E-state index is 5.37. The Morgan fingerprint density at radius 2 is 2.16 bits per heavy atom. The lowest BCUT2D eigenvalue weighted by Gasteiger charge is -1.99. The summed E-state index contributed by atoms with van der Waals surface area (Å²) in [7, 11) is 0. The maximum Gasteiger partial charge on any atom is 0.159 e. The molecule has 0 aromatic carbocycles. The summed E-state index contributed by atoms with van der Waals surface area (Å²) in [6, 6.07) is 0. The van der Waals surface area contributed by atoms with Crippen LogP contribution in [0.1, 0.15) is 40.1 Å². The van der Waals surface area contributed by atoms with Crippen molar-refractivity contribution in [3.63, 3.8) is 0 Å². The number of aromatic nitrogens is 2. The molecule has 2 aromatic heterocycles. The lowest BCUT2D eigenvalue weighted by molar-refractivity contribution is 0.128. The van der Waals surface area contributed by atoms with Gasteiger partial charge in [-0.2, -0.15) is 0 Å². The van der Waals surface area contributed by atoms with Crippen LogP contribution in [0.15, 0.2) is 10.5 Å². The van der Waals surface area contributed by atoms with Crippen LogP contribution < -0.4 is 0 Å². The number of rotatable bonds is 5. The van der Waals surface area contributed by atoms with Gasteiger partial charge in [0.2, 0.25) is 0 Å². The van der Waals surface area contributed by atoms with Crippen molar-refractivity contribution in [2.45, 2.75) is 40.7 Å². The molecular weight excluding hydrogens is 278 g/mol. The molecule has 0 saturated heterocycles. The van der Waals surface area contributed by atoms with Crippen molar-refractivity contribution in [3.05, 3.63) is 31.7 Å². The molecule has 0 bridgehead atoms. The minimum atomic E-state index is 0.421. The number of aryl methyl sites for hydroxylation is 3. The average Bonchev–Trinajstić information content (AvgIpc) is 2.95. The van der Waals surface area contributed by atoms with Crippen molar-refractivity contribution >= 4 is 28.4 Å². The molecular formula is C13H17N3OS2. The number of thiazole rings is 2. The molecule has 0 aliphatic rings. The van der Waals surface area contributed by atoms with Crippen molar-refractivity contribution in [1.82, 2.24) is 9.97 Å². The number of nitrogens with zero attached hydrogens (tertiary/aromatic N) is 3. The Bertz CT molecular complexity index is 586. The van der Waals surface area contributed by atoms with Crippen LogP contribution in [0, 0.1) is 13.8 Å². The van der Waals surface area contributed by atoms with Gasteiger partial charge in [0.1, 0.15) is 0 Å². The largest absolute Gasteiger partial charge is 0.389 e. The van der Waals surface area contributed by atoms with E-state index in [1.54, 1.807) is 22.7 Å². The molecule has 0 aliphatic heterocycles. The van der Waals surface area contributed by atoms with E-state index < -0.39 is 0 Å². The van der Waals surface area contributed by atoms with Gasteiger partial charge in [0.05, 0.1) is 32.0 Å². The molecule has 0 radical (unpaired) electrons. The highest BCUT2D eigenvalue weighted by atomic mass is 32.1. The average molecular weight is 295 g/mol. The maximum atomic E-state index is 5.37. The van der Waals surface area contributed by atoms with E-state index in [1.807, 2.05) is 26.2 Å². The first-order chi connectivity index (χ1) is 9.10. The topological polar surface area (TPSA) is 47.4 Å². The van der Waals surface area contributed by atoms with Crippen molar-refractivity contribution in [2.24, 2.45) is 5.16 Å². The SMILES string of the molecule is CCc1nc(CON=C(C)c2sc(C)nc2C)cs1. The van der Waals surface area contributed by atoms with Crippen molar-refractivity contribution in [2.75, 3.05) is 0 Å². The van der Waals surface area contributed by atoms with Gasteiger partial charge in [-0.1, -0.05) is 12.1 Å². The fourth-order valence-electron chi connectivity index (χ4n) is 1.68. The first-order valence-corrected chi connectivity index (χ1v) is 7.84. The quantitative estimate of drug-likeness (QED) is 0.624. The molecule has 0 fully saturated rings. The lowest BCUT2D eigenvalue weighted by atomic mass is 10.3. The molecule has 102 valence electrons. The fourth-order valence-corrected chi connectivity index (χ4v) is 3.27. The Morgan fingerprint density at radius 1 is 1.37 bits per heavy atom. The Kier molecular flexibility index (Phi) is 4.66. The standard InChI is InChI=1S/C13H17N3OS2/c1-5-12-15-11(7-18-12)6-17-16-9(3)13-8(2)14-10(4)19-13/h7H,5-6H2,1-4H3. The van der Waals surface area contributed by atoms with Crippen LogP contribution in [0.25, 0.3) is 0 Å². The summed E-state index contributed by atoms with van der Waals surface area (Å²) in [4.78, 5) is 15.3. The van der Waals surface area contributed by atoms with Gasteiger partial charge in [0.25, 0.3) is 0 Å². The van der Waals surface area contributed by atoms with Gasteiger partial charge in [0, 0.05) is 5.38 Å². The van der Waals surface area contributed by atoms with Gasteiger partial charge >= 0.3 is 0 Å². The lowest BCUT2D eigenvalue weighted by Crippen LogP contribution is -1.97. The Hall–Kier alpha value is -1.27. The summed E-state index contributed by atoms with van der Waals surface area (Å²) in [5.41, 5.74) is 2.82. The molecule has 2 heterocycles. The molecule has 0 amide bonds. The summed E-state index contributed by atoms with van der Waals surface area (Å²) in [6.45, 7) is 8.45. The second-order valence-corrected chi connectivity index (χ2v) is 6.33. The minimum Gasteiger partial charge on any atom is -0.389 e. The summed E-state index contributed by atoms with van der Waals surface area (Å²) in [5.74, 6) is 0. The van der Waals surface area contributed by atoms with E-state index in [1.165, 1.54) is 0 Å². The second-order valence-electron chi connectivity index (χ2n) is 4.18. The third-order valence-corrected chi connectivity index (χ3v) is 4.77. The van der Waals surface area contributed by atoms with Crippen molar-refractivity contribution in [1.29, 1.82) is 0 Å². The molecule has 0 spiro atoms. The fraction of sp³-hybridized carbons (Fsp3) is 0.462. The van der Waals surface area contributed by atoms with E-state index in [-0.39, 0.29) is 0 Å². The van der Waals surface area contributed by atoms with E-state index in [4.69, 9.17) is 4.84 Å². The van der Waals surface area contributed by atoms with Crippen LogP contribution in [0.5, 0.6) is 0 Å². The summed E-state index contributed by atoms with van der Waals surface area (Å²) in [5, 5.41) is 8.35. The summed E-state index contributed by atoms with van der Waals surface area (Å²) >= 11 is 3.30. The van der Waals surface area contributed by atoms with Crippen LogP contribution in [-0.4, -0.2) is 15.7 Å². The van der Waals surface area contributed by atoms with E-state index in [2.05, 4.69) is 22.0 Å². The Morgan fingerprint density at radius 3 is 2.74 bits per heavy atom. The van der Waals surface area contributed by atoms with E-state index in [0.29, 0.717) is 6.61 Å². The number of oxime groups is 1. The molecule has 0 aliphatic carbocycles. The minimum absolute atomic E-state index is 0.421. The molecule has 6 heteroatoms. The molecule has 0 unspecified atom stereocenters. The number of hydrogen-bond donors (Lipinski definition) is 0. The van der Waals surface area contributed by atoms with Crippen LogP contribution in [0.2, 0.25) is 0 Å². The zero-order valence-corrected chi connectivity index (χ0v) is 13.2. The smallest absolute Gasteiger partial charge is 0.159 e. The van der Waals surface area contributed by atoms with Crippen LogP contribution in [0.4, 0.5) is 0 Å².